The normalized spacial score (nSPS) is 13.5. The molecule has 2 aromatic rings. The lowest BCUT2D eigenvalue weighted by atomic mass is 9.86. The number of rotatable bonds is 5. The second-order valence-electron chi connectivity index (χ2n) is 4.71. The van der Waals surface area contributed by atoms with E-state index in [4.69, 9.17) is 0 Å². The molecule has 3 nitrogen and oxygen atoms in total. The van der Waals surface area contributed by atoms with E-state index < -0.39 is 17.3 Å². The van der Waals surface area contributed by atoms with Gasteiger partial charge in [-0.3, -0.25) is 0 Å². The molecule has 0 fully saturated rings. The molecule has 21 heavy (non-hydrogen) atoms. The van der Waals surface area contributed by atoms with Crippen LogP contribution in [-0.4, -0.2) is 11.1 Å². The van der Waals surface area contributed by atoms with Crippen molar-refractivity contribution in [3.05, 3.63) is 64.4 Å². The van der Waals surface area contributed by atoms with Crippen LogP contribution in [-0.2, 0) is 10.3 Å². The fraction of sp³-hybridized carbons (Fsp3) is 0.188. The summed E-state index contributed by atoms with van der Waals surface area (Å²) in [7, 11) is 0. The molecule has 1 unspecified atom stereocenters. The molecule has 0 aliphatic carbocycles. The van der Waals surface area contributed by atoms with Crippen molar-refractivity contribution in [3.63, 3.8) is 0 Å². The summed E-state index contributed by atoms with van der Waals surface area (Å²) in [4.78, 5) is 11.8. The van der Waals surface area contributed by atoms with Crippen molar-refractivity contribution < 1.29 is 14.3 Å². The maximum atomic E-state index is 13.5. The fourth-order valence-electron chi connectivity index (χ4n) is 2.23. The second-order valence-corrected chi connectivity index (χ2v) is 5.62. The summed E-state index contributed by atoms with van der Waals surface area (Å²) in [5, 5.41) is 12.7. The van der Waals surface area contributed by atoms with Gasteiger partial charge in [-0.25, -0.2) is 9.18 Å². The SMILES string of the molecule is CCC(Nc1ccc(Br)cc1)(C(=O)O)c1cccc(F)c1. The highest BCUT2D eigenvalue weighted by Gasteiger charge is 2.39. The van der Waals surface area contributed by atoms with Crippen molar-refractivity contribution in [2.45, 2.75) is 18.9 Å². The Morgan fingerprint density at radius 2 is 1.95 bits per heavy atom. The second kappa shape index (κ2) is 6.26. The molecule has 2 rings (SSSR count). The van der Waals surface area contributed by atoms with E-state index in [1.165, 1.54) is 18.2 Å². The molecule has 0 aromatic heterocycles. The molecule has 0 saturated heterocycles. The Labute approximate surface area is 130 Å². The van der Waals surface area contributed by atoms with Gasteiger partial charge < -0.3 is 10.4 Å². The predicted octanol–water partition coefficient (Wildman–Crippen LogP) is 4.39. The van der Waals surface area contributed by atoms with E-state index in [0.29, 0.717) is 11.3 Å². The highest BCUT2D eigenvalue weighted by Crippen LogP contribution is 2.31. The molecule has 1 atom stereocenters. The van der Waals surface area contributed by atoms with E-state index in [1.54, 1.807) is 25.1 Å². The Kier molecular flexibility index (Phi) is 4.63. The molecule has 110 valence electrons. The average Bonchev–Trinajstić information content (AvgIpc) is 2.46. The highest BCUT2D eigenvalue weighted by atomic mass is 79.9. The zero-order chi connectivity index (χ0) is 15.5. The Morgan fingerprint density at radius 1 is 1.29 bits per heavy atom. The number of aliphatic carboxylic acids is 1. The smallest absolute Gasteiger partial charge is 0.334 e. The van der Waals surface area contributed by atoms with Crippen LogP contribution in [0.1, 0.15) is 18.9 Å². The van der Waals surface area contributed by atoms with Gasteiger partial charge in [0.15, 0.2) is 5.54 Å². The van der Waals surface area contributed by atoms with Gasteiger partial charge in [-0.05, 0) is 48.4 Å². The molecule has 0 amide bonds. The maximum Gasteiger partial charge on any atom is 0.334 e. The summed E-state index contributed by atoms with van der Waals surface area (Å²) in [6.45, 7) is 1.75. The van der Waals surface area contributed by atoms with Crippen LogP contribution in [0.5, 0.6) is 0 Å². The standard InChI is InChI=1S/C16H15BrFNO2/c1-2-16(15(20)21,11-4-3-5-13(18)10-11)19-14-8-6-12(17)7-9-14/h3-10,19H,2H2,1H3,(H,20,21). The van der Waals surface area contributed by atoms with E-state index in [2.05, 4.69) is 21.2 Å². The van der Waals surface area contributed by atoms with Crippen molar-refractivity contribution in [1.29, 1.82) is 0 Å². The fourth-order valence-corrected chi connectivity index (χ4v) is 2.49. The van der Waals surface area contributed by atoms with Gasteiger partial charge in [0.2, 0.25) is 0 Å². The average molecular weight is 352 g/mol. The Morgan fingerprint density at radius 3 is 2.48 bits per heavy atom. The number of nitrogens with one attached hydrogen (secondary N) is 1. The number of hydrogen-bond donors (Lipinski definition) is 2. The summed E-state index contributed by atoms with van der Waals surface area (Å²) >= 11 is 3.33. The topological polar surface area (TPSA) is 49.3 Å². The van der Waals surface area contributed by atoms with Crippen molar-refractivity contribution in [1.82, 2.24) is 0 Å². The first-order valence-corrected chi connectivity index (χ1v) is 7.30. The number of carboxylic acid groups (broad SMARTS) is 1. The molecule has 0 bridgehead atoms. The quantitative estimate of drug-likeness (QED) is 0.839. The van der Waals surface area contributed by atoms with E-state index in [-0.39, 0.29) is 6.42 Å². The van der Waals surface area contributed by atoms with Gasteiger partial charge in [0, 0.05) is 10.2 Å². The summed E-state index contributed by atoms with van der Waals surface area (Å²) in [6.07, 6.45) is 0.280. The van der Waals surface area contributed by atoms with Crippen molar-refractivity contribution in [2.75, 3.05) is 5.32 Å². The molecule has 0 radical (unpaired) electrons. The van der Waals surface area contributed by atoms with Crippen LogP contribution < -0.4 is 5.32 Å². The Hall–Kier alpha value is -1.88. The lowest BCUT2D eigenvalue weighted by molar-refractivity contribution is -0.142. The molecule has 0 spiro atoms. The van der Waals surface area contributed by atoms with Gasteiger partial charge in [0.1, 0.15) is 5.82 Å². The van der Waals surface area contributed by atoms with E-state index >= 15 is 0 Å². The molecular formula is C16H15BrFNO2. The van der Waals surface area contributed by atoms with Gasteiger partial charge in [-0.1, -0.05) is 35.0 Å². The Balaban J connectivity index is 2.46. The molecule has 0 aliphatic rings. The number of carboxylic acids is 1. The van der Waals surface area contributed by atoms with E-state index in [1.807, 2.05) is 12.1 Å². The van der Waals surface area contributed by atoms with Crippen LogP contribution >= 0.6 is 15.9 Å². The highest BCUT2D eigenvalue weighted by molar-refractivity contribution is 9.10. The van der Waals surface area contributed by atoms with Crippen molar-refractivity contribution in [2.24, 2.45) is 0 Å². The third-order valence-electron chi connectivity index (χ3n) is 3.41. The zero-order valence-electron chi connectivity index (χ0n) is 11.4. The molecule has 5 heteroatoms. The molecule has 0 aliphatic heterocycles. The van der Waals surface area contributed by atoms with E-state index in [9.17, 15) is 14.3 Å². The number of benzene rings is 2. The van der Waals surface area contributed by atoms with Gasteiger partial charge >= 0.3 is 5.97 Å². The predicted molar refractivity (Wildman–Crippen MR) is 83.8 cm³/mol. The minimum atomic E-state index is -1.37. The number of hydrogen-bond acceptors (Lipinski definition) is 2. The summed E-state index contributed by atoms with van der Waals surface area (Å²) in [5.74, 6) is -1.50. The molecular weight excluding hydrogens is 337 g/mol. The first kappa shape index (κ1) is 15.5. The monoisotopic (exact) mass is 351 g/mol. The van der Waals surface area contributed by atoms with Gasteiger partial charge in [0.05, 0.1) is 0 Å². The summed E-state index contributed by atoms with van der Waals surface area (Å²) in [6, 6.07) is 12.9. The number of halogens is 2. The van der Waals surface area contributed by atoms with Gasteiger partial charge in [-0.2, -0.15) is 0 Å². The third-order valence-corrected chi connectivity index (χ3v) is 3.94. The van der Waals surface area contributed by atoms with Gasteiger partial charge in [-0.15, -0.1) is 0 Å². The van der Waals surface area contributed by atoms with Crippen LogP contribution in [0.15, 0.2) is 53.0 Å². The Bertz CT molecular complexity index is 645. The van der Waals surface area contributed by atoms with Gasteiger partial charge in [0.25, 0.3) is 0 Å². The first-order valence-electron chi connectivity index (χ1n) is 6.51. The summed E-state index contributed by atoms with van der Waals surface area (Å²) in [5.41, 5.74) is -0.317. The van der Waals surface area contributed by atoms with Crippen LogP contribution in [0.2, 0.25) is 0 Å². The van der Waals surface area contributed by atoms with Crippen LogP contribution in [0.4, 0.5) is 10.1 Å². The third kappa shape index (κ3) is 3.24. The van der Waals surface area contributed by atoms with Crippen LogP contribution in [0.3, 0.4) is 0 Å². The number of carbonyl (C=O) groups is 1. The maximum absolute atomic E-state index is 13.5. The minimum Gasteiger partial charge on any atom is -0.479 e. The first-order chi connectivity index (χ1) is 9.98. The zero-order valence-corrected chi connectivity index (χ0v) is 13.0. The van der Waals surface area contributed by atoms with Crippen LogP contribution in [0, 0.1) is 5.82 Å². The van der Waals surface area contributed by atoms with E-state index in [0.717, 1.165) is 4.47 Å². The molecule has 2 aromatic carbocycles. The molecule has 0 saturated carbocycles. The lowest BCUT2D eigenvalue weighted by Crippen LogP contribution is -2.43. The van der Waals surface area contributed by atoms with Crippen molar-refractivity contribution >= 4 is 27.6 Å². The molecule has 0 heterocycles. The summed E-state index contributed by atoms with van der Waals surface area (Å²) < 4.78 is 14.4. The largest absolute Gasteiger partial charge is 0.479 e. The number of anilines is 1. The lowest BCUT2D eigenvalue weighted by Gasteiger charge is -2.31. The molecule has 2 N–H and O–H groups in total. The van der Waals surface area contributed by atoms with Crippen LogP contribution in [0.25, 0.3) is 0 Å². The minimum absolute atomic E-state index is 0.280. The van der Waals surface area contributed by atoms with Crippen molar-refractivity contribution in [3.8, 4) is 0 Å².